The van der Waals surface area contributed by atoms with Crippen LogP contribution in [-0.2, 0) is 12.8 Å². The van der Waals surface area contributed by atoms with E-state index in [-0.39, 0.29) is 11.3 Å². The van der Waals surface area contributed by atoms with Crippen LogP contribution in [0, 0.1) is 0 Å². The molecule has 26 heavy (non-hydrogen) atoms. The molecule has 2 aromatic carbocycles. The third kappa shape index (κ3) is 3.26. The molecule has 0 amide bonds. The van der Waals surface area contributed by atoms with Crippen molar-refractivity contribution in [2.75, 3.05) is 0 Å². The summed E-state index contributed by atoms with van der Waals surface area (Å²) in [5.74, 6) is 0.836. The molecule has 0 fully saturated rings. The fourth-order valence-corrected chi connectivity index (χ4v) is 2.89. The van der Waals surface area contributed by atoms with E-state index in [2.05, 4.69) is 9.97 Å². The number of hydrogen-bond donors (Lipinski definition) is 0. The first kappa shape index (κ1) is 16.2. The van der Waals surface area contributed by atoms with E-state index in [0.29, 0.717) is 46.4 Å². The topological polar surface area (TPSA) is 86.2 Å². The lowest BCUT2D eigenvalue weighted by atomic mass is 10.2. The average Bonchev–Trinajstić information content (AvgIpc) is 2.65. The molecule has 2 aromatic heterocycles. The summed E-state index contributed by atoms with van der Waals surface area (Å²) in [6.45, 7) is 0. The van der Waals surface area contributed by atoms with Gasteiger partial charge in [-0.2, -0.15) is 0 Å². The zero-order chi connectivity index (χ0) is 17.9. The van der Waals surface area contributed by atoms with E-state index >= 15 is 0 Å². The molecule has 0 spiro atoms. The molecule has 0 atom stereocenters. The summed E-state index contributed by atoms with van der Waals surface area (Å²) in [5.41, 5.74) is 0.544. The molecular formula is C20H16N2O4. The van der Waals surface area contributed by atoms with Crippen LogP contribution in [0.15, 0.2) is 67.0 Å². The highest BCUT2D eigenvalue weighted by atomic mass is 16.4. The molecule has 6 heteroatoms. The zero-order valence-corrected chi connectivity index (χ0v) is 14.0. The quantitative estimate of drug-likeness (QED) is 0.515. The van der Waals surface area contributed by atoms with Gasteiger partial charge in [0.1, 0.15) is 0 Å². The summed E-state index contributed by atoms with van der Waals surface area (Å²) < 4.78 is 10.5. The van der Waals surface area contributed by atoms with E-state index < -0.39 is 0 Å². The average molecular weight is 348 g/mol. The minimum atomic E-state index is -0.368. The van der Waals surface area contributed by atoms with E-state index in [9.17, 15) is 9.59 Å². The first-order valence-electron chi connectivity index (χ1n) is 8.48. The number of fused-ring (bicyclic) bond motifs is 2. The van der Waals surface area contributed by atoms with Crippen LogP contribution in [0.25, 0.3) is 21.8 Å². The molecule has 4 aromatic rings. The maximum absolute atomic E-state index is 11.9. The van der Waals surface area contributed by atoms with Crippen molar-refractivity contribution in [3.8, 4) is 0 Å². The number of aryl methyl sites for hydroxylation is 2. The minimum Gasteiger partial charge on any atom is -0.408 e. The van der Waals surface area contributed by atoms with Gasteiger partial charge in [-0.15, -0.1) is 0 Å². The van der Waals surface area contributed by atoms with Gasteiger partial charge in [-0.1, -0.05) is 24.3 Å². The Kier molecular flexibility index (Phi) is 4.31. The molecular weight excluding hydrogens is 332 g/mol. The first-order valence-corrected chi connectivity index (χ1v) is 8.48. The van der Waals surface area contributed by atoms with E-state index in [1.807, 2.05) is 12.1 Å². The third-order valence-electron chi connectivity index (χ3n) is 4.19. The Morgan fingerprint density at radius 2 is 1.08 bits per heavy atom. The van der Waals surface area contributed by atoms with Crippen molar-refractivity contribution in [3.63, 3.8) is 0 Å². The maximum Gasteiger partial charge on any atom is 0.346 e. The molecule has 0 saturated heterocycles. The van der Waals surface area contributed by atoms with Crippen LogP contribution in [0.5, 0.6) is 0 Å². The summed E-state index contributed by atoms with van der Waals surface area (Å²) in [6, 6.07) is 14.2. The molecule has 0 aliphatic carbocycles. The van der Waals surface area contributed by atoms with E-state index in [1.54, 1.807) is 36.4 Å². The van der Waals surface area contributed by atoms with Gasteiger partial charge in [-0.3, -0.25) is 0 Å². The second-order valence-electron chi connectivity index (χ2n) is 6.03. The van der Waals surface area contributed by atoms with Crippen molar-refractivity contribution < 1.29 is 8.83 Å². The van der Waals surface area contributed by atoms with Gasteiger partial charge in [0.15, 0.2) is 11.8 Å². The predicted octanol–water partition coefficient (Wildman–Crippen LogP) is 3.25. The lowest BCUT2D eigenvalue weighted by molar-refractivity contribution is 0.419. The number of aromatic nitrogens is 2. The number of hydrogen-bond acceptors (Lipinski definition) is 6. The highest BCUT2D eigenvalue weighted by Crippen LogP contribution is 2.12. The molecule has 0 saturated carbocycles. The van der Waals surface area contributed by atoms with Crippen molar-refractivity contribution in [3.05, 3.63) is 81.2 Å². The fraction of sp³-hybridized carbons (Fsp3) is 0.200. The molecule has 2 heterocycles. The second kappa shape index (κ2) is 6.92. The van der Waals surface area contributed by atoms with Gasteiger partial charge in [0.2, 0.25) is 0 Å². The smallest absolute Gasteiger partial charge is 0.346 e. The van der Waals surface area contributed by atoms with Gasteiger partial charge < -0.3 is 8.83 Å². The van der Waals surface area contributed by atoms with Crippen LogP contribution in [0.3, 0.4) is 0 Å². The number of nitrogens with zero attached hydrogens (tertiary/aromatic N) is 2. The molecule has 0 aliphatic rings. The van der Waals surface area contributed by atoms with Crippen molar-refractivity contribution >= 4 is 21.8 Å². The highest BCUT2D eigenvalue weighted by molar-refractivity contribution is 5.77. The van der Waals surface area contributed by atoms with Crippen LogP contribution in [0.1, 0.15) is 24.6 Å². The van der Waals surface area contributed by atoms with Gasteiger partial charge in [-0.05, 0) is 37.1 Å². The highest BCUT2D eigenvalue weighted by Gasteiger charge is 2.08. The third-order valence-corrected chi connectivity index (χ3v) is 4.19. The Bertz CT molecular complexity index is 1100. The Hall–Kier alpha value is -3.28. The van der Waals surface area contributed by atoms with Crippen molar-refractivity contribution in [1.82, 2.24) is 9.97 Å². The molecule has 130 valence electrons. The Balaban J connectivity index is 1.43. The maximum atomic E-state index is 11.9. The second-order valence-corrected chi connectivity index (χ2v) is 6.03. The van der Waals surface area contributed by atoms with Gasteiger partial charge in [0, 0.05) is 12.8 Å². The summed E-state index contributed by atoms with van der Waals surface area (Å²) in [7, 11) is 0. The number of benzene rings is 2. The molecule has 0 N–H and O–H groups in total. The lowest BCUT2D eigenvalue weighted by Gasteiger charge is -2.03. The van der Waals surface area contributed by atoms with Crippen LogP contribution < -0.4 is 11.3 Å². The lowest BCUT2D eigenvalue weighted by Crippen LogP contribution is -2.06. The summed E-state index contributed by atoms with van der Waals surface area (Å²) in [4.78, 5) is 32.7. The van der Waals surface area contributed by atoms with Crippen LogP contribution in [0.2, 0.25) is 0 Å². The molecule has 4 rings (SSSR count). The number of para-hydroxylation sites is 2. The van der Waals surface area contributed by atoms with Gasteiger partial charge >= 0.3 is 11.3 Å². The summed E-state index contributed by atoms with van der Waals surface area (Å²) in [5, 5.41) is 0.969. The van der Waals surface area contributed by atoms with Crippen molar-refractivity contribution in [1.29, 1.82) is 0 Å². The SMILES string of the molecule is O=c1oc(CCCCc2nc3ccccc3c(=O)o2)nc2ccccc12. The van der Waals surface area contributed by atoms with Gasteiger partial charge in [0.25, 0.3) is 0 Å². The zero-order valence-electron chi connectivity index (χ0n) is 14.0. The van der Waals surface area contributed by atoms with Gasteiger partial charge in [0.05, 0.1) is 21.8 Å². The van der Waals surface area contributed by atoms with Gasteiger partial charge in [-0.25, -0.2) is 19.6 Å². The molecule has 0 radical (unpaired) electrons. The van der Waals surface area contributed by atoms with E-state index in [1.165, 1.54) is 0 Å². The number of unbranched alkanes of at least 4 members (excludes halogenated alkanes) is 1. The minimum absolute atomic E-state index is 0.368. The standard InChI is InChI=1S/C20H16N2O4/c23-19-13-7-1-3-9-15(13)21-17(25-19)11-5-6-12-18-22-16-10-4-2-8-14(16)20(24)26-18/h1-4,7-10H,5-6,11-12H2. The summed E-state index contributed by atoms with van der Waals surface area (Å²) >= 11 is 0. The normalized spacial score (nSPS) is 11.2. The molecule has 6 nitrogen and oxygen atoms in total. The van der Waals surface area contributed by atoms with Crippen molar-refractivity contribution in [2.24, 2.45) is 0 Å². The Labute approximate surface area is 148 Å². The van der Waals surface area contributed by atoms with Crippen LogP contribution in [-0.4, -0.2) is 9.97 Å². The molecule has 0 bridgehead atoms. The monoisotopic (exact) mass is 348 g/mol. The van der Waals surface area contributed by atoms with E-state index in [0.717, 1.165) is 12.8 Å². The molecule has 0 aliphatic heterocycles. The van der Waals surface area contributed by atoms with Crippen LogP contribution >= 0.6 is 0 Å². The number of rotatable bonds is 5. The Morgan fingerprint density at radius 1 is 0.654 bits per heavy atom. The largest absolute Gasteiger partial charge is 0.408 e. The molecule has 0 unspecified atom stereocenters. The fourth-order valence-electron chi connectivity index (χ4n) is 2.89. The Morgan fingerprint density at radius 3 is 1.54 bits per heavy atom. The summed E-state index contributed by atoms with van der Waals surface area (Å²) in [6.07, 6.45) is 2.56. The van der Waals surface area contributed by atoms with E-state index in [4.69, 9.17) is 8.83 Å². The van der Waals surface area contributed by atoms with Crippen molar-refractivity contribution in [2.45, 2.75) is 25.7 Å². The predicted molar refractivity (Wildman–Crippen MR) is 97.2 cm³/mol. The van der Waals surface area contributed by atoms with Crippen LogP contribution in [0.4, 0.5) is 0 Å². The first-order chi connectivity index (χ1) is 12.7.